The summed E-state index contributed by atoms with van der Waals surface area (Å²) in [5.41, 5.74) is 2.15. The van der Waals surface area contributed by atoms with E-state index in [2.05, 4.69) is 10.2 Å². The quantitative estimate of drug-likeness (QED) is 0.775. The summed E-state index contributed by atoms with van der Waals surface area (Å²) >= 11 is 7.00. The Hall–Kier alpha value is -1.85. The van der Waals surface area contributed by atoms with E-state index in [1.807, 2.05) is 67.6 Å². The second-order valence-electron chi connectivity index (χ2n) is 6.48. The van der Waals surface area contributed by atoms with Gasteiger partial charge in [0.05, 0.1) is 11.3 Å². The van der Waals surface area contributed by atoms with Crippen molar-refractivity contribution in [3.8, 4) is 0 Å². The standard InChI is InChI=1S/C21H24N2OS2/c1-16(26-21(25)23-14-8-9-15-23)20(24)22-19(17-10-4-2-5-11-17)18-12-6-3-7-13-18/h2-7,10-13,16,19H,8-9,14-15H2,1H3,(H,22,24)/t16-/m0/s1. The minimum Gasteiger partial charge on any atom is -0.358 e. The van der Waals surface area contributed by atoms with Crippen molar-refractivity contribution in [2.24, 2.45) is 0 Å². The second-order valence-corrected chi connectivity index (χ2v) is 8.46. The van der Waals surface area contributed by atoms with E-state index in [4.69, 9.17) is 12.2 Å². The van der Waals surface area contributed by atoms with Crippen molar-refractivity contribution in [1.82, 2.24) is 10.2 Å². The number of nitrogens with one attached hydrogen (secondary N) is 1. The van der Waals surface area contributed by atoms with E-state index in [-0.39, 0.29) is 17.2 Å². The monoisotopic (exact) mass is 384 g/mol. The molecule has 1 heterocycles. The Balaban J connectivity index is 1.70. The molecular weight excluding hydrogens is 360 g/mol. The fourth-order valence-electron chi connectivity index (χ4n) is 3.09. The van der Waals surface area contributed by atoms with Gasteiger partial charge in [-0.2, -0.15) is 0 Å². The number of benzene rings is 2. The first-order valence-electron chi connectivity index (χ1n) is 9.01. The molecule has 1 amide bonds. The maximum absolute atomic E-state index is 12.8. The Morgan fingerprint density at radius 1 is 1.00 bits per heavy atom. The van der Waals surface area contributed by atoms with Crippen molar-refractivity contribution in [3.63, 3.8) is 0 Å². The van der Waals surface area contributed by atoms with E-state index in [1.165, 1.54) is 24.6 Å². The third-order valence-corrected chi connectivity index (χ3v) is 6.14. The number of carbonyl (C=O) groups is 1. The molecule has 3 rings (SSSR count). The average molecular weight is 385 g/mol. The fraction of sp³-hybridized carbons (Fsp3) is 0.333. The SMILES string of the molecule is C[C@H](SC(=S)N1CCCC1)C(=O)NC(c1ccccc1)c1ccccc1. The van der Waals surface area contributed by atoms with Gasteiger partial charge in [-0.1, -0.05) is 84.6 Å². The number of hydrogen-bond donors (Lipinski definition) is 1. The number of thiocarbonyl (C=S) groups is 1. The molecule has 0 aromatic heterocycles. The average Bonchev–Trinajstić information content (AvgIpc) is 3.22. The summed E-state index contributed by atoms with van der Waals surface area (Å²) in [6, 6.07) is 20.0. The van der Waals surface area contributed by atoms with Crippen molar-refractivity contribution >= 4 is 34.2 Å². The molecule has 1 fully saturated rings. The first-order chi connectivity index (χ1) is 12.6. The molecule has 1 aliphatic rings. The van der Waals surface area contributed by atoms with Crippen LogP contribution in [0.2, 0.25) is 0 Å². The Bertz CT molecular complexity index is 691. The minimum atomic E-state index is -0.224. The third kappa shape index (κ3) is 4.86. The topological polar surface area (TPSA) is 32.3 Å². The highest BCUT2D eigenvalue weighted by Crippen LogP contribution is 2.24. The predicted molar refractivity (Wildman–Crippen MR) is 113 cm³/mol. The van der Waals surface area contributed by atoms with Crippen LogP contribution in [0, 0.1) is 0 Å². The Kier molecular flexibility index (Phi) is 6.69. The van der Waals surface area contributed by atoms with Gasteiger partial charge in [0.1, 0.15) is 4.32 Å². The van der Waals surface area contributed by atoms with Crippen LogP contribution in [0.1, 0.15) is 36.9 Å². The van der Waals surface area contributed by atoms with Gasteiger partial charge >= 0.3 is 0 Å². The molecule has 1 N–H and O–H groups in total. The molecule has 136 valence electrons. The first kappa shape index (κ1) is 18.9. The Labute approximate surface area is 165 Å². The van der Waals surface area contributed by atoms with Crippen molar-refractivity contribution in [1.29, 1.82) is 0 Å². The van der Waals surface area contributed by atoms with Crippen molar-refractivity contribution in [2.75, 3.05) is 13.1 Å². The van der Waals surface area contributed by atoms with Gasteiger partial charge in [0.25, 0.3) is 0 Å². The zero-order valence-electron chi connectivity index (χ0n) is 14.9. The molecule has 1 saturated heterocycles. The fourth-order valence-corrected chi connectivity index (χ4v) is 4.51. The second kappa shape index (κ2) is 9.19. The normalized spacial score (nSPS) is 15.1. The molecule has 1 atom stereocenters. The third-order valence-electron chi connectivity index (χ3n) is 4.56. The number of amides is 1. The molecule has 26 heavy (non-hydrogen) atoms. The summed E-state index contributed by atoms with van der Waals surface area (Å²) in [5, 5.41) is 2.98. The lowest BCUT2D eigenvalue weighted by Crippen LogP contribution is -2.36. The molecule has 0 saturated carbocycles. The van der Waals surface area contributed by atoms with Crippen LogP contribution in [0.3, 0.4) is 0 Å². The van der Waals surface area contributed by atoms with Gasteiger partial charge in [0.15, 0.2) is 0 Å². The summed E-state index contributed by atoms with van der Waals surface area (Å²) < 4.78 is 0.834. The number of hydrogen-bond acceptors (Lipinski definition) is 3. The van der Waals surface area contributed by atoms with Gasteiger partial charge in [0, 0.05) is 13.1 Å². The molecule has 2 aromatic rings. The van der Waals surface area contributed by atoms with Crippen LogP contribution in [-0.4, -0.2) is 33.5 Å². The van der Waals surface area contributed by atoms with Gasteiger partial charge in [-0.15, -0.1) is 0 Å². The largest absolute Gasteiger partial charge is 0.358 e. The van der Waals surface area contributed by atoms with Gasteiger partial charge in [-0.25, -0.2) is 0 Å². The van der Waals surface area contributed by atoms with E-state index < -0.39 is 0 Å². The maximum Gasteiger partial charge on any atom is 0.234 e. The van der Waals surface area contributed by atoms with E-state index in [0.29, 0.717) is 0 Å². The zero-order chi connectivity index (χ0) is 18.4. The van der Waals surface area contributed by atoms with Crippen LogP contribution in [0.25, 0.3) is 0 Å². The van der Waals surface area contributed by atoms with E-state index >= 15 is 0 Å². The predicted octanol–water partition coefficient (Wildman–Crippen LogP) is 4.39. The molecule has 0 aliphatic carbocycles. The van der Waals surface area contributed by atoms with E-state index in [0.717, 1.165) is 28.5 Å². The Morgan fingerprint density at radius 2 is 1.50 bits per heavy atom. The number of likely N-dealkylation sites (tertiary alicyclic amines) is 1. The molecule has 5 heteroatoms. The van der Waals surface area contributed by atoms with Gasteiger partial charge in [-0.05, 0) is 30.9 Å². The number of rotatable bonds is 5. The van der Waals surface area contributed by atoms with Crippen LogP contribution in [0.15, 0.2) is 60.7 Å². The van der Waals surface area contributed by atoms with Crippen LogP contribution in [-0.2, 0) is 4.79 Å². The summed E-state index contributed by atoms with van der Waals surface area (Å²) in [7, 11) is 0. The van der Waals surface area contributed by atoms with Gasteiger partial charge < -0.3 is 10.2 Å². The van der Waals surface area contributed by atoms with Gasteiger partial charge in [0.2, 0.25) is 5.91 Å². The summed E-state index contributed by atoms with van der Waals surface area (Å²) in [6.07, 6.45) is 2.37. The van der Waals surface area contributed by atoms with E-state index in [1.54, 1.807) is 0 Å². The summed E-state index contributed by atoms with van der Waals surface area (Å²) in [6.45, 7) is 3.95. The highest BCUT2D eigenvalue weighted by molar-refractivity contribution is 8.23. The lowest BCUT2D eigenvalue weighted by molar-refractivity contribution is -0.120. The van der Waals surface area contributed by atoms with Crippen LogP contribution in [0.5, 0.6) is 0 Å². The lowest BCUT2D eigenvalue weighted by Gasteiger charge is -2.24. The molecule has 2 aromatic carbocycles. The van der Waals surface area contributed by atoms with Crippen molar-refractivity contribution in [3.05, 3.63) is 71.8 Å². The van der Waals surface area contributed by atoms with E-state index in [9.17, 15) is 4.79 Å². The summed E-state index contributed by atoms with van der Waals surface area (Å²) in [4.78, 5) is 15.0. The molecule has 0 unspecified atom stereocenters. The highest BCUT2D eigenvalue weighted by atomic mass is 32.2. The molecule has 1 aliphatic heterocycles. The van der Waals surface area contributed by atoms with Crippen molar-refractivity contribution in [2.45, 2.75) is 31.1 Å². The first-order valence-corrected chi connectivity index (χ1v) is 10.3. The highest BCUT2D eigenvalue weighted by Gasteiger charge is 2.24. The number of nitrogens with zero attached hydrogens (tertiary/aromatic N) is 1. The van der Waals surface area contributed by atoms with Gasteiger partial charge in [-0.3, -0.25) is 4.79 Å². The smallest absolute Gasteiger partial charge is 0.234 e. The molecular formula is C21H24N2OS2. The lowest BCUT2D eigenvalue weighted by atomic mass is 9.98. The number of thioether (sulfide) groups is 1. The Morgan fingerprint density at radius 3 is 2.00 bits per heavy atom. The molecule has 3 nitrogen and oxygen atoms in total. The van der Waals surface area contributed by atoms with Crippen LogP contribution >= 0.6 is 24.0 Å². The molecule has 0 spiro atoms. The number of carbonyl (C=O) groups excluding carboxylic acids is 1. The van der Waals surface area contributed by atoms with Crippen LogP contribution in [0.4, 0.5) is 0 Å². The zero-order valence-corrected chi connectivity index (χ0v) is 16.6. The summed E-state index contributed by atoms with van der Waals surface area (Å²) in [5.74, 6) is 0.00857. The van der Waals surface area contributed by atoms with Crippen molar-refractivity contribution < 1.29 is 4.79 Å². The van der Waals surface area contributed by atoms with Crippen LogP contribution < -0.4 is 5.32 Å². The molecule has 0 bridgehead atoms. The molecule has 0 radical (unpaired) electrons. The minimum absolute atomic E-state index is 0.00857. The maximum atomic E-state index is 12.8.